The minimum atomic E-state index is -1.38. The van der Waals surface area contributed by atoms with E-state index in [0.29, 0.717) is 0 Å². The van der Waals surface area contributed by atoms with Crippen molar-refractivity contribution < 1.29 is 4.74 Å². The van der Waals surface area contributed by atoms with Gasteiger partial charge in [0, 0.05) is 0 Å². The van der Waals surface area contributed by atoms with Gasteiger partial charge in [-0.25, -0.2) is 4.99 Å². The van der Waals surface area contributed by atoms with Crippen molar-refractivity contribution in [2.75, 3.05) is 7.11 Å². The van der Waals surface area contributed by atoms with E-state index in [1.54, 1.807) is 7.11 Å². The number of hydrogen-bond donors (Lipinski definition) is 0. The smallest absolute Gasteiger partial charge is 0.202 e. The number of ether oxygens (including phenoxy) is 1. The average molecular weight is 331 g/mol. The predicted octanol–water partition coefficient (Wildman–Crippen LogP) is 5.27. The van der Waals surface area contributed by atoms with Crippen LogP contribution in [0.15, 0.2) is 53.6 Å². The largest absolute Gasteiger partial charge is 0.497 e. The van der Waals surface area contributed by atoms with Crippen LogP contribution in [0.1, 0.15) is 6.92 Å². The number of methoxy groups -OCH3 is 1. The van der Waals surface area contributed by atoms with E-state index < -0.39 is 9.21 Å². The number of hydrogen-bond acceptors (Lipinski definition) is 2. The summed E-state index contributed by atoms with van der Waals surface area (Å²) in [6, 6.07) is 7.49. The van der Waals surface area contributed by atoms with Crippen LogP contribution in [0.3, 0.4) is 0 Å². The number of allylic oxidation sites excluding steroid dienone is 4. The lowest BCUT2D eigenvalue weighted by Crippen LogP contribution is -2.29. The minimum Gasteiger partial charge on any atom is -0.497 e. The molecule has 0 N–H and O–H groups in total. The molecule has 0 saturated heterocycles. The van der Waals surface area contributed by atoms with Crippen LogP contribution < -0.4 is 4.74 Å². The van der Waals surface area contributed by atoms with Gasteiger partial charge in [-0.15, -0.1) is 0 Å². The first-order chi connectivity index (χ1) is 9.34. The molecular formula is C15H14Cl3NO. The van der Waals surface area contributed by atoms with Crippen LogP contribution in [0.2, 0.25) is 0 Å². The first-order valence-electron chi connectivity index (χ1n) is 6.02. The zero-order chi connectivity index (χ0) is 14.8. The minimum absolute atomic E-state index is 0.628. The van der Waals surface area contributed by atoms with Crippen LogP contribution in [-0.4, -0.2) is 16.6 Å². The van der Waals surface area contributed by atoms with Crippen molar-refractivity contribution in [2.24, 2.45) is 10.4 Å². The fraction of sp³-hybridized carbons (Fsp3) is 0.267. The summed E-state index contributed by atoms with van der Waals surface area (Å²) < 4.78 is 3.72. The Morgan fingerprint density at radius 1 is 1.05 bits per heavy atom. The highest BCUT2D eigenvalue weighted by atomic mass is 35.6. The molecule has 0 spiro atoms. The van der Waals surface area contributed by atoms with E-state index in [4.69, 9.17) is 39.5 Å². The fourth-order valence-corrected chi connectivity index (χ4v) is 2.08. The van der Waals surface area contributed by atoms with E-state index in [0.717, 1.165) is 17.1 Å². The molecule has 0 radical (unpaired) electrons. The van der Waals surface area contributed by atoms with Crippen LogP contribution in [0.5, 0.6) is 5.75 Å². The highest BCUT2D eigenvalue weighted by Crippen LogP contribution is 2.47. The molecule has 106 valence electrons. The molecule has 0 aliphatic heterocycles. The number of aliphatic imine (C=N–C) groups is 1. The molecule has 1 aromatic carbocycles. The van der Waals surface area contributed by atoms with Crippen LogP contribution in [0.25, 0.3) is 0 Å². The summed E-state index contributed by atoms with van der Waals surface area (Å²) in [5.74, 6) is 0.799. The summed E-state index contributed by atoms with van der Waals surface area (Å²) in [6.07, 6.45) is 7.41. The lowest BCUT2D eigenvalue weighted by Gasteiger charge is -2.31. The Kier molecular flexibility index (Phi) is 4.48. The third kappa shape index (κ3) is 3.38. The number of halogens is 3. The zero-order valence-electron chi connectivity index (χ0n) is 11.1. The first-order valence-corrected chi connectivity index (χ1v) is 7.15. The van der Waals surface area contributed by atoms with Gasteiger partial charge in [-0.2, -0.15) is 0 Å². The maximum absolute atomic E-state index is 5.97. The maximum atomic E-state index is 5.97. The van der Waals surface area contributed by atoms with Crippen LogP contribution in [-0.2, 0) is 0 Å². The van der Waals surface area contributed by atoms with E-state index in [9.17, 15) is 0 Å². The second-order valence-electron chi connectivity index (χ2n) is 4.68. The van der Waals surface area contributed by atoms with Gasteiger partial charge < -0.3 is 4.74 Å². The standard InChI is InChI=1S/C15H14Cl3NO/c1-14(15(16,17)18)9-7-12(8-10-14)19-11-3-5-13(20-2)6-4-11/h3-10H,1-2H3. The summed E-state index contributed by atoms with van der Waals surface area (Å²) in [7, 11) is 1.63. The quantitative estimate of drug-likeness (QED) is 0.677. The molecule has 1 aromatic rings. The SMILES string of the molecule is COc1ccc(N=C2C=CC(C)(C(Cl)(Cl)Cl)C=C2)cc1. The van der Waals surface area contributed by atoms with Crippen molar-refractivity contribution in [3.05, 3.63) is 48.6 Å². The first kappa shape index (κ1) is 15.4. The molecule has 0 amide bonds. The Morgan fingerprint density at radius 3 is 2.05 bits per heavy atom. The molecule has 0 heterocycles. The van der Waals surface area contributed by atoms with Gasteiger partial charge >= 0.3 is 0 Å². The van der Waals surface area contributed by atoms with Crippen molar-refractivity contribution in [1.82, 2.24) is 0 Å². The van der Waals surface area contributed by atoms with Crippen molar-refractivity contribution in [2.45, 2.75) is 10.7 Å². The maximum Gasteiger partial charge on any atom is 0.202 e. The fourth-order valence-electron chi connectivity index (χ4n) is 1.70. The van der Waals surface area contributed by atoms with Gasteiger partial charge in [0.15, 0.2) is 0 Å². The monoisotopic (exact) mass is 329 g/mol. The van der Waals surface area contributed by atoms with Gasteiger partial charge in [0.25, 0.3) is 0 Å². The lowest BCUT2D eigenvalue weighted by molar-refractivity contribution is 0.415. The molecule has 0 aromatic heterocycles. The molecule has 2 rings (SSSR count). The summed E-state index contributed by atoms with van der Waals surface area (Å²) in [5, 5.41) is 0. The van der Waals surface area contributed by atoms with Crippen molar-refractivity contribution in [3.63, 3.8) is 0 Å². The number of rotatable bonds is 2. The molecule has 20 heavy (non-hydrogen) atoms. The molecular weight excluding hydrogens is 317 g/mol. The Labute approximate surface area is 133 Å². The molecule has 1 aliphatic carbocycles. The van der Waals surface area contributed by atoms with Gasteiger partial charge in [-0.1, -0.05) is 47.0 Å². The van der Waals surface area contributed by atoms with E-state index in [1.165, 1.54) is 0 Å². The van der Waals surface area contributed by atoms with Crippen LogP contribution in [0.4, 0.5) is 5.69 Å². The topological polar surface area (TPSA) is 21.6 Å². The van der Waals surface area contributed by atoms with Gasteiger partial charge in [0.05, 0.1) is 23.9 Å². The summed E-state index contributed by atoms with van der Waals surface area (Å²) >= 11 is 17.9. The Balaban J connectivity index is 2.19. The number of nitrogens with zero attached hydrogens (tertiary/aromatic N) is 1. The molecule has 0 saturated carbocycles. The van der Waals surface area contributed by atoms with Gasteiger partial charge in [-0.05, 0) is 43.3 Å². The van der Waals surface area contributed by atoms with Crippen LogP contribution in [0, 0.1) is 5.41 Å². The van der Waals surface area contributed by atoms with Gasteiger partial charge in [0.2, 0.25) is 3.79 Å². The number of alkyl halides is 3. The highest BCUT2D eigenvalue weighted by Gasteiger charge is 2.41. The van der Waals surface area contributed by atoms with Crippen molar-refractivity contribution in [1.29, 1.82) is 0 Å². The Morgan fingerprint density at radius 2 is 1.60 bits per heavy atom. The second kappa shape index (κ2) is 5.80. The normalized spacial score (nSPS) is 21.9. The highest BCUT2D eigenvalue weighted by molar-refractivity contribution is 6.68. The van der Waals surface area contributed by atoms with E-state index in [1.807, 2.05) is 55.5 Å². The van der Waals surface area contributed by atoms with Gasteiger partial charge in [-0.3, -0.25) is 0 Å². The molecule has 0 bridgehead atoms. The van der Waals surface area contributed by atoms with Crippen LogP contribution >= 0.6 is 34.8 Å². The third-order valence-corrected chi connectivity index (χ3v) is 4.36. The van der Waals surface area contributed by atoms with E-state index in [-0.39, 0.29) is 0 Å². The Hall–Kier alpha value is -0.960. The lowest BCUT2D eigenvalue weighted by atomic mass is 9.87. The Bertz CT molecular complexity index is 552. The van der Waals surface area contributed by atoms with Gasteiger partial charge in [0.1, 0.15) is 5.75 Å². The average Bonchev–Trinajstić information content (AvgIpc) is 2.41. The van der Waals surface area contributed by atoms with Crippen molar-refractivity contribution in [3.8, 4) is 5.75 Å². The third-order valence-electron chi connectivity index (χ3n) is 3.14. The van der Waals surface area contributed by atoms with E-state index >= 15 is 0 Å². The zero-order valence-corrected chi connectivity index (χ0v) is 13.4. The molecule has 1 aliphatic rings. The van der Waals surface area contributed by atoms with Crippen molar-refractivity contribution >= 4 is 46.2 Å². The molecule has 5 heteroatoms. The number of benzene rings is 1. The molecule has 0 unspecified atom stereocenters. The summed E-state index contributed by atoms with van der Waals surface area (Å²) in [5.41, 5.74) is 1.02. The van der Waals surface area contributed by atoms with E-state index in [2.05, 4.69) is 4.99 Å². The predicted molar refractivity (Wildman–Crippen MR) is 86.8 cm³/mol. The summed E-state index contributed by atoms with van der Waals surface area (Å²) in [6.45, 7) is 1.86. The molecule has 0 atom stereocenters. The summed E-state index contributed by atoms with van der Waals surface area (Å²) in [4.78, 5) is 4.50. The molecule has 2 nitrogen and oxygen atoms in total. The second-order valence-corrected chi connectivity index (χ2v) is 6.96. The molecule has 0 fully saturated rings.